The second kappa shape index (κ2) is 13.0. The molecule has 0 aromatic carbocycles. The van der Waals surface area contributed by atoms with Crippen LogP contribution in [0.15, 0.2) is 6.20 Å². The van der Waals surface area contributed by atoms with Crippen LogP contribution in [0.5, 0.6) is 5.19 Å². The van der Waals surface area contributed by atoms with E-state index in [4.69, 9.17) is 9.47 Å². The van der Waals surface area contributed by atoms with E-state index in [1.807, 2.05) is 20.8 Å². The van der Waals surface area contributed by atoms with Crippen molar-refractivity contribution in [2.45, 2.75) is 78.4 Å². The zero-order valence-corrected chi connectivity index (χ0v) is 18.7. The molecule has 0 aliphatic carbocycles. The highest BCUT2D eigenvalue weighted by Crippen LogP contribution is 2.25. The summed E-state index contributed by atoms with van der Waals surface area (Å²) in [6.07, 6.45) is 5.96. The van der Waals surface area contributed by atoms with Gasteiger partial charge < -0.3 is 19.9 Å². The number of aliphatic hydroxyl groups is 1. The third-order valence-electron chi connectivity index (χ3n) is 4.13. The number of amides is 1. The van der Waals surface area contributed by atoms with Gasteiger partial charge >= 0.3 is 6.09 Å². The number of hydrogen-bond donors (Lipinski definition) is 3. The van der Waals surface area contributed by atoms with Crippen LogP contribution in [-0.2, 0) is 4.74 Å². The summed E-state index contributed by atoms with van der Waals surface area (Å²) in [6.45, 7) is 11.5. The summed E-state index contributed by atoms with van der Waals surface area (Å²) in [5.74, 6) is 0.616. The zero-order valence-electron chi connectivity index (χ0n) is 17.9. The fourth-order valence-corrected chi connectivity index (χ4v) is 3.40. The monoisotopic (exact) mass is 415 g/mol. The second-order valence-electron chi connectivity index (χ2n) is 8.08. The Kier molecular flexibility index (Phi) is 11.4. The zero-order chi connectivity index (χ0) is 21.0. The first kappa shape index (κ1) is 24.7. The summed E-state index contributed by atoms with van der Waals surface area (Å²) in [4.78, 5) is 16.0. The summed E-state index contributed by atoms with van der Waals surface area (Å²) < 4.78 is 10.8. The minimum atomic E-state index is -0.635. The molecule has 3 N–H and O–H groups in total. The Morgan fingerprint density at radius 3 is 2.54 bits per heavy atom. The lowest BCUT2D eigenvalue weighted by atomic mass is 9.95. The second-order valence-corrected chi connectivity index (χ2v) is 9.07. The van der Waals surface area contributed by atoms with Gasteiger partial charge in [-0.1, -0.05) is 50.9 Å². The summed E-state index contributed by atoms with van der Waals surface area (Å²) >= 11 is 1.21. The van der Waals surface area contributed by atoms with Crippen LogP contribution in [0, 0.1) is 5.92 Å². The lowest BCUT2D eigenvalue weighted by Gasteiger charge is -2.22. The molecule has 1 atom stereocenters. The normalized spacial score (nSPS) is 12.8. The summed E-state index contributed by atoms with van der Waals surface area (Å²) in [7, 11) is 0. The number of β-amino-alcohol motifs (C(OH)–C–C–N with tert-alkyl or cyclic N) is 1. The van der Waals surface area contributed by atoms with Crippen molar-refractivity contribution in [1.82, 2.24) is 10.3 Å². The Hall–Kier alpha value is -1.38. The highest BCUT2D eigenvalue weighted by Gasteiger charge is 2.14. The summed E-state index contributed by atoms with van der Waals surface area (Å²) in [6, 6.07) is 0. The van der Waals surface area contributed by atoms with Gasteiger partial charge in [-0.2, -0.15) is 0 Å². The number of carbonyl (C=O) groups excluding carboxylic acids is 1. The molecule has 8 heteroatoms. The average Bonchev–Trinajstić information content (AvgIpc) is 3.05. The van der Waals surface area contributed by atoms with Crippen molar-refractivity contribution in [1.29, 1.82) is 0 Å². The first-order valence-corrected chi connectivity index (χ1v) is 11.0. The third-order valence-corrected chi connectivity index (χ3v) is 4.96. The van der Waals surface area contributed by atoms with E-state index in [1.165, 1.54) is 30.4 Å². The molecule has 0 aliphatic rings. The lowest BCUT2D eigenvalue weighted by Crippen LogP contribution is -2.42. The highest BCUT2D eigenvalue weighted by atomic mass is 32.1. The molecule has 28 heavy (non-hydrogen) atoms. The van der Waals surface area contributed by atoms with E-state index in [2.05, 4.69) is 29.5 Å². The van der Waals surface area contributed by atoms with Crippen LogP contribution in [0.4, 0.5) is 9.80 Å². The number of thiazole rings is 1. The number of hydrogen-bond acceptors (Lipinski definition) is 7. The maximum atomic E-state index is 11.9. The van der Waals surface area contributed by atoms with E-state index in [9.17, 15) is 9.90 Å². The topological polar surface area (TPSA) is 92.7 Å². The minimum Gasteiger partial charge on any atom is -0.467 e. The van der Waals surface area contributed by atoms with Gasteiger partial charge in [0.1, 0.15) is 17.7 Å². The molecule has 0 saturated heterocycles. The Balaban J connectivity index is 2.29. The van der Waals surface area contributed by atoms with Crippen LogP contribution in [-0.4, -0.2) is 47.6 Å². The summed E-state index contributed by atoms with van der Waals surface area (Å²) in [5.41, 5.74) is -0.0628. The van der Waals surface area contributed by atoms with Gasteiger partial charge in [0, 0.05) is 12.1 Å². The summed E-state index contributed by atoms with van der Waals surface area (Å²) in [5, 5.41) is 16.8. The number of rotatable bonds is 13. The molecule has 0 saturated carbocycles. The van der Waals surface area contributed by atoms with Crippen LogP contribution >= 0.6 is 11.3 Å². The standard InChI is InChI=1S/C20H37N3O4S/c1-6-8-15(9-7-2)10-11-26-18(25)23-17-13-21-19(28-17)27-14-16(24)12-22-20(3,4)5/h13,15-16,22,24H,6-12,14H2,1-5H3,(H,23,25). The van der Waals surface area contributed by atoms with Gasteiger partial charge in [-0.3, -0.25) is 5.32 Å². The molecular weight excluding hydrogens is 378 g/mol. The number of nitrogens with zero attached hydrogens (tertiary/aromatic N) is 1. The predicted octanol–water partition coefficient (Wildman–Crippen LogP) is 4.43. The number of nitrogens with one attached hydrogen (secondary N) is 2. The van der Waals surface area contributed by atoms with Gasteiger partial charge in [0.05, 0.1) is 12.8 Å². The van der Waals surface area contributed by atoms with Crippen LogP contribution < -0.4 is 15.4 Å². The van der Waals surface area contributed by atoms with Gasteiger partial charge in [0.15, 0.2) is 0 Å². The quantitative estimate of drug-likeness (QED) is 0.441. The maximum absolute atomic E-state index is 11.9. The number of ether oxygens (including phenoxy) is 2. The fourth-order valence-electron chi connectivity index (χ4n) is 2.74. The molecule has 0 radical (unpaired) electrons. The first-order chi connectivity index (χ1) is 13.2. The first-order valence-electron chi connectivity index (χ1n) is 10.2. The lowest BCUT2D eigenvalue weighted by molar-refractivity contribution is 0.0999. The molecule has 0 aliphatic heterocycles. The molecule has 0 fully saturated rings. The smallest absolute Gasteiger partial charge is 0.412 e. The number of aliphatic hydroxyl groups excluding tert-OH is 1. The average molecular weight is 416 g/mol. The Labute approximate surface area is 173 Å². The Morgan fingerprint density at radius 1 is 1.25 bits per heavy atom. The molecule has 1 unspecified atom stereocenters. The van der Waals surface area contributed by atoms with Crippen molar-refractivity contribution in [3.63, 3.8) is 0 Å². The van der Waals surface area contributed by atoms with Crippen molar-refractivity contribution in [3.05, 3.63) is 6.20 Å². The van der Waals surface area contributed by atoms with E-state index in [1.54, 1.807) is 0 Å². The molecule has 162 valence electrons. The van der Waals surface area contributed by atoms with E-state index in [-0.39, 0.29) is 12.1 Å². The Morgan fingerprint density at radius 2 is 1.93 bits per heavy atom. The van der Waals surface area contributed by atoms with E-state index in [0.717, 1.165) is 19.3 Å². The number of carbonyl (C=O) groups is 1. The molecule has 0 bridgehead atoms. The third kappa shape index (κ3) is 11.5. The van der Waals surface area contributed by atoms with Gasteiger partial charge in [0.2, 0.25) is 0 Å². The van der Waals surface area contributed by atoms with Crippen molar-refractivity contribution in [2.75, 3.05) is 25.1 Å². The van der Waals surface area contributed by atoms with Gasteiger partial charge in [0.25, 0.3) is 5.19 Å². The van der Waals surface area contributed by atoms with Crippen LogP contribution in [0.25, 0.3) is 0 Å². The van der Waals surface area contributed by atoms with Crippen molar-refractivity contribution < 1.29 is 19.4 Å². The van der Waals surface area contributed by atoms with Gasteiger partial charge in [-0.15, -0.1) is 0 Å². The largest absolute Gasteiger partial charge is 0.467 e. The van der Waals surface area contributed by atoms with Crippen molar-refractivity contribution in [3.8, 4) is 5.19 Å². The van der Waals surface area contributed by atoms with Gasteiger partial charge in [-0.05, 0) is 33.1 Å². The fraction of sp³-hybridized carbons (Fsp3) is 0.800. The number of anilines is 1. The van der Waals surface area contributed by atoms with Gasteiger partial charge in [-0.25, -0.2) is 9.78 Å². The van der Waals surface area contributed by atoms with Crippen LogP contribution in [0.2, 0.25) is 0 Å². The van der Waals surface area contributed by atoms with E-state index < -0.39 is 12.2 Å². The van der Waals surface area contributed by atoms with Crippen molar-refractivity contribution >= 4 is 22.4 Å². The Bertz CT molecular complexity index is 554. The number of aromatic nitrogens is 1. The van der Waals surface area contributed by atoms with Crippen LogP contribution in [0.3, 0.4) is 0 Å². The highest BCUT2D eigenvalue weighted by molar-refractivity contribution is 7.17. The molecule has 0 spiro atoms. The molecule has 1 aromatic heterocycles. The molecule has 1 aromatic rings. The SMILES string of the molecule is CCCC(CCC)CCOC(=O)Nc1cnc(OCC(O)CNC(C)(C)C)s1. The van der Waals surface area contributed by atoms with Crippen LogP contribution in [0.1, 0.15) is 66.7 Å². The molecular formula is C20H37N3O4S. The molecule has 1 amide bonds. The molecule has 1 rings (SSSR count). The maximum Gasteiger partial charge on any atom is 0.412 e. The van der Waals surface area contributed by atoms with E-state index in [0.29, 0.717) is 29.3 Å². The minimum absolute atomic E-state index is 0.0628. The van der Waals surface area contributed by atoms with Crippen molar-refractivity contribution in [2.24, 2.45) is 5.92 Å². The molecule has 1 heterocycles. The van der Waals surface area contributed by atoms with E-state index >= 15 is 0 Å². The molecule has 7 nitrogen and oxygen atoms in total. The predicted molar refractivity (Wildman–Crippen MR) is 114 cm³/mol.